The maximum absolute atomic E-state index is 12.6. The van der Waals surface area contributed by atoms with Gasteiger partial charge in [-0.25, -0.2) is 0 Å². The van der Waals surface area contributed by atoms with Crippen molar-refractivity contribution in [3.8, 4) is 0 Å². The molecule has 2 spiro atoms. The van der Waals surface area contributed by atoms with Crippen LogP contribution in [0.4, 0.5) is 0 Å². The second-order valence-electron chi connectivity index (χ2n) is 6.16. The van der Waals surface area contributed by atoms with Gasteiger partial charge in [-0.2, -0.15) is 0 Å². The van der Waals surface area contributed by atoms with E-state index in [1.807, 2.05) is 42.5 Å². The third-order valence-corrected chi connectivity index (χ3v) is 4.86. The molecule has 2 saturated carbocycles. The summed E-state index contributed by atoms with van der Waals surface area (Å²) in [4.78, 5) is 24.6. The molecule has 0 bridgehead atoms. The highest BCUT2D eigenvalue weighted by atomic mass is 16.5. The van der Waals surface area contributed by atoms with E-state index < -0.39 is 10.8 Å². The van der Waals surface area contributed by atoms with Gasteiger partial charge in [0.05, 0.1) is 5.41 Å². The van der Waals surface area contributed by atoms with Crippen LogP contribution in [0, 0.1) is 10.8 Å². The standard InChI is InChI=1S/C17H16O3/c18-14-16(8-9-16)13(20-15(19)17(14)10-11-17)7-6-12-4-2-1-3-5-12/h1-7,13H,8-11H2/b7-6+. The summed E-state index contributed by atoms with van der Waals surface area (Å²) in [6.45, 7) is 0. The Morgan fingerprint density at radius 1 is 1.05 bits per heavy atom. The summed E-state index contributed by atoms with van der Waals surface area (Å²) < 4.78 is 5.59. The van der Waals surface area contributed by atoms with E-state index in [1.165, 1.54) is 0 Å². The van der Waals surface area contributed by atoms with Crippen LogP contribution in [0.5, 0.6) is 0 Å². The van der Waals surface area contributed by atoms with Gasteiger partial charge in [-0.3, -0.25) is 9.59 Å². The molecule has 2 aliphatic carbocycles. The lowest BCUT2D eigenvalue weighted by atomic mass is 9.80. The molecule has 0 aromatic heterocycles. The first-order valence-corrected chi connectivity index (χ1v) is 7.17. The van der Waals surface area contributed by atoms with Crippen molar-refractivity contribution in [2.45, 2.75) is 31.8 Å². The van der Waals surface area contributed by atoms with Crippen LogP contribution in [0.2, 0.25) is 0 Å². The van der Waals surface area contributed by atoms with Crippen molar-refractivity contribution in [3.63, 3.8) is 0 Å². The number of rotatable bonds is 2. The summed E-state index contributed by atoms with van der Waals surface area (Å²) in [6, 6.07) is 9.87. The van der Waals surface area contributed by atoms with Gasteiger partial charge in [-0.05, 0) is 37.3 Å². The Labute approximate surface area is 117 Å². The number of hydrogen-bond acceptors (Lipinski definition) is 3. The molecule has 3 heteroatoms. The van der Waals surface area contributed by atoms with Crippen LogP contribution in [0.3, 0.4) is 0 Å². The van der Waals surface area contributed by atoms with Gasteiger partial charge in [0.15, 0.2) is 5.78 Å². The van der Waals surface area contributed by atoms with Gasteiger partial charge in [0.1, 0.15) is 11.5 Å². The molecule has 1 atom stereocenters. The van der Waals surface area contributed by atoms with E-state index in [-0.39, 0.29) is 17.9 Å². The third-order valence-electron chi connectivity index (χ3n) is 4.86. The third kappa shape index (κ3) is 1.52. The van der Waals surface area contributed by atoms with Gasteiger partial charge in [0.25, 0.3) is 0 Å². The molecule has 1 heterocycles. The smallest absolute Gasteiger partial charge is 0.320 e. The number of carbonyl (C=O) groups excluding carboxylic acids is 2. The van der Waals surface area contributed by atoms with E-state index in [4.69, 9.17) is 4.74 Å². The van der Waals surface area contributed by atoms with Gasteiger partial charge < -0.3 is 4.74 Å². The number of Topliss-reactive ketones (excluding diaryl/α,β-unsaturated/α-hetero) is 1. The number of cyclic esters (lactones) is 1. The molecule has 0 radical (unpaired) electrons. The fourth-order valence-electron chi connectivity index (χ4n) is 3.23. The number of esters is 1. The van der Waals surface area contributed by atoms with Gasteiger partial charge in [-0.15, -0.1) is 0 Å². The molecule has 0 amide bonds. The summed E-state index contributed by atoms with van der Waals surface area (Å²) in [5.41, 5.74) is -0.109. The van der Waals surface area contributed by atoms with Crippen molar-refractivity contribution in [1.82, 2.24) is 0 Å². The zero-order valence-electron chi connectivity index (χ0n) is 11.2. The van der Waals surface area contributed by atoms with Gasteiger partial charge in [0, 0.05) is 0 Å². The molecule has 102 valence electrons. The van der Waals surface area contributed by atoms with E-state index >= 15 is 0 Å². The Balaban J connectivity index is 1.61. The van der Waals surface area contributed by atoms with Crippen molar-refractivity contribution in [2.75, 3.05) is 0 Å². The summed E-state index contributed by atoms with van der Waals surface area (Å²) in [6.07, 6.45) is 6.51. The molecule has 3 aliphatic rings. The normalized spacial score (nSPS) is 28.9. The molecule has 1 aliphatic heterocycles. The molecule has 0 N–H and O–H groups in total. The monoisotopic (exact) mass is 268 g/mol. The minimum Gasteiger partial charge on any atom is -0.456 e. The Morgan fingerprint density at radius 2 is 1.75 bits per heavy atom. The van der Waals surface area contributed by atoms with Crippen LogP contribution in [0.1, 0.15) is 31.2 Å². The zero-order chi connectivity index (χ0) is 13.8. The van der Waals surface area contributed by atoms with Crippen LogP contribution in [-0.2, 0) is 14.3 Å². The van der Waals surface area contributed by atoms with Crippen molar-refractivity contribution >= 4 is 17.8 Å². The molecule has 3 nitrogen and oxygen atoms in total. The predicted molar refractivity (Wildman–Crippen MR) is 73.7 cm³/mol. The van der Waals surface area contributed by atoms with Crippen molar-refractivity contribution < 1.29 is 14.3 Å². The van der Waals surface area contributed by atoms with Gasteiger partial charge >= 0.3 is 5.97 Å². The maximum atomic E-state index is 12.6. The predicted octanol–water partition coefficient (Wildman–Crippen LogP) is 2.75. The Hall–Kier alpha value is -1.90. The molecule has 1 saturated heterocycles. The Bertz CT molecular complexity index is 606. The zero-order valence-corrected chi connectivity index (χ0v) is 11.2. The second-order valence-corrected chi connectivity index (χ2v) is 6.16. The van der Waals surface area contributed by atoms with Crippen LogP contribution in [0.15, 0.2) is 36.4 Å². The molecule has 1 unspecified atom stereocenters. The largest absolute Gasteiger partial charge is 0.456 e. The number of ketones is 1. The average Bonchev–Trinajstić information content (AvgIpc) is 3.37. The van der Waals surface area contributed by atoms with Crippen molar-refractivity contribution in [3.05, 3.63) is 42.0 Å². The molecular formula is C17H16O3. The first-order valence-electron chi connectivity index (χ1n) is 7.17. The van der Waals surface area contributed by atoms with Crippen LogP contribution in [0.25, 0.3) is 6.08 Å². The van der Waals surface area contributed by atoms with E-state index in [0.717, 1.165) is 18.4 Å². The minimum absolute atomic E-state index is 0.143. The van der Waals surface area contributed by atoms with E-state index in [2.05, 4.69) is 0 Å². The molecule has 1 aromatic rings. The van der Waals surface area contributed by atoms with E-state index in [0.29, 0.717) is 12.8 Å². The van der Waals surface area contributed by atoms with Crippen LogP contribution < -0.4 is 0 Å². The topological polar surface area (TPSA) is 43.4 Å². The Morgan fingerprint density at radius 3 is 2.35 bits per heavy atom. The summed E-state index contributed by atoms with van der Waals surface area (Å²) in [5.74, 6) is -0.160. The van der Waals surface area contributed by atoms with E-state index in [9.17, 15) is 9.59 Å². The van der Waals surface area contributed by atoms with Crippen molar-refractivity contribution in [1.29, 1.82) is 0 Å². The fourth-order valence-corrected chi connectivity index (χ4v) is 3.23. The molecular weight excluding hydrogens is 252 g/mol. The number of ether oxygens (including phenoxy) is 1. The Kier molecular flexibility index (Phi) is 2.27. The minimum atomic E-state index is -0.756. The lowest BCUT2D eigenvalue weighted by molar-refractivity contribution is -0.171. The van der Waals surface area contributed by atoms with Crippen LogP contribution >= 0.6 is 0 Å². The molecule has 3 fully saturated rings. The highest BCUT2D eigenvalue weighted by molar-refractivity contribution is 6.12. The maximum Gasteiger partial charge on any atom is 0.320 e. The highest BCUT2D eigenvalue weighted by Crippen LogP contribution is 2.64. The van der Waals surface area contributed by atoms with Crippen molar-refractivity contribution in [2.24, 2.45) is 10.8 Å². The van der Waals surface area contributed by atoms with Crippen LogP contribution in [-0.4, -0.2) is 17.9 Å². The van der Waals surface area contributed by atoms with E-state index in [1.54, 1.807) is 0 Å². The lowest BCUT2D eigenvalue weighted by Gasteiger charge is -2.33. The van der Waals surface area contributed by atoms with Gasteiger partial charge in [0.2, 0.25) is 0 Å². The first-order chi connectivity index (χ1) is 9.67. The highest BCUT2D eigenvalue weighted by Gasteiger charge is 2.72. The average molecular weight is 268 g/mol. The number of carbonyl (C=O) groups is 2. The first kappa shape index (κ1) is 11.9. The quantitative estimate of drug-likeness (QED) is 0.612. The molecule has 20 heavy (non-hydrogen) atoms. The summed E-state index contributed by atoms with van der Waals surface area (Å²) in [5, 5.41) is 0. The molecule has 1 aromatic carbocycles. The SMILES string of the molecule is O=C1OC(/C=C/c2ccccc2)C2(CC2)C(=O)C12CC2. The molecule has 4 rings (SSSR count). The summed E-state index contributed by atoms with van der Waals surface area (Å²) >= 11 is 0. The number of benzene rings is 1. The lowest BCUT2D eigenvalue weighted by Crippen LogP contribution is -2.48. The summed E-state index contributed by atoms with van der Waals surface area (Å²) in [7, 11) is 0. The second kappa shape index (κ2) is 3.81. The fraction of sp³-hybridized carbons (Fsp3) is 0.412. The van der Waals surface area contributed by atoms with Gasteiger partial charge in [-0.1, -0.05) is 36.4 Å². The number of hydrogen-bond donors (Lipinski definition) is 0.